The molecular weight excluding hydrogens is 168 g/mol. The normalized spacial score (nSPS) is 21.2. The summed E-state index contributed by atoms with van der Waals surface area (Å²) in [5.74, 6) is -0.109. The van der Waals surface area contributed by atoms with Gasteiger partial charge in [-0.15, -0.1) is 0 Å². The summed E-state index contributed by atoms with van der Waals surface area (Å²) >= 11 is 0. The Labute approximate surface area is 75.2 Å². The van der Waals surface area contributed by atoms with Crippen molar-refractivity contribution in [3.63, 3.8) is 0 Å². The van der Waals surface area contributed by atoms with Crippen LogP contribution in [-0.2, 0) is 9.59 Å². The molecule has 0 aromatic heterocycles. The Morgan fingerprint density at radius 1 is 1.46 bits per heavy atom. The van der Waals surface area contributed by atoms with Crippen molar-refractivity contribution in [1.82, 2.24) is 4.90 Å². The van der Waals surface area contributed by atoms with Crippen LogP contribution in [0.15, 0.2) is 28.9 Å². The number of aliphatic imine (C=N–C) groups is 1. The fraction of sp³-hybridized carbons (Fsp3) is 0.222. The molecule has 0 spiro atoms. The predicted octanol–water partition coefficient (Wildman–Crippen LogP) is 0.617. The summed E-state index contributed by atoms with van der Waals surface area (Å²) in [6.07, 6.45) is 5.09. The van der Waals surface area contributed by atoms with Crippen LogP contribution in [0.3, 0.4) is 0 Å². The van der Waals surface area contributed by atoms with E-state index < -0.39 is 0 Å². The lowest BCUT2D eigenvalue weighted by molar-refractivity contribution is -0.131. The average molecular weight is 176 g/mol. The van der Waals surface area contributed by atoms with E-state index in [-0.39, 0.29) is 18.2 Å². The fourth-order valence-corrected chi connectivity index (χ4v) is 1.32. The molecule has 0 unspecified atom stereocenters. The fourth-order valence-electron chi connectivity index (χ4n) is 1.32. The number of amides is 2. The van der Waals surface area contributed by atoms with E-state index in [2.05, 4.69) is 4.99 Å². The van der Waals surface area contributed by atoms with Gasteiger partial charge in [-0.1, -0.05) is 6.08 Å². The molecule has 4 nitrogen and oxygen atoms in total. The highest BCUT2D eigenvalue weighted by Crippen LogP contribution is 2.16. The van der Waals surface area contributed by atoms with Gasteiger partial charge < -0.3 is 0 Å². The van der Waals surface area contributed by atoms with Gasteiger partial charge in [0.15, 0.2) is 0 Å². The van der Waals surface area contributed by atoms with Crippen molar-refractivity contribution in [2.45, 2.75) is 13.3 Å². The van der Waals surface area contributed by atoms with Crippen LogP contribution in [0.2, 0.25) is 0 Å². The molecule has 2 heterocycles. The van der Waals surface area contributed by atoms with Crippen LogP contribution in [0.1, 0.15) is 13.3 Å². The lowest BCUT2D eigenvalue weighted by atomic mass is 10.1. The monoisotopic (exact) mass is 176 g/mol. The third-order valence-electron chi connectivity index (χ3n) is 1.96. The van der Waals surface area contributed by atoms with Crippen molar-refractivity contribution in [3.8, 4) is 0 Å². The first kappa shape index (κ1) is 7.91. The van der Waals surface area contributed by atoms with E-state index in [0.29, 0.717) is 5.84 Å². The maximum absolute atomic E-state index is 11.3. The molecule has 0 fully saturated rings. The van der Waals surface area contributed by atoms with E-state index in [1.54, 1.807) is 12.3 Å². The third kappa shape index (κ3) is 1.20. The number of amidine groups is 1. The molecule has 0 aromatic rings. The third-order valence-corrected chi connectivity index (χ3v) is 1.96. The summed E-state index contributed by atoms with van der Waals surface area (Å²) in [6.45, 7) is 1.82. The highest BCUT2D eigenvalue weighted by Gasteiger charge is 2.27. The molecule has 2 aliphatic heterocycles. The van der Waals surface area contributed by atoms with E-state index in [9.17, 15) is 9.59 Å². The molecule has 66 valence electrons. The highest BCUT2D eigenvalue weighted by molar-refractivity contribution is 6.20. The van der Waals surface area contributed by atoms with Gasteiger partial charge in [0.25, 0.3) is 5.91 Å². The lowest BCUT2D eigenvalue weighted by Crippen LogP contribution is -2.39. The zero-order valence-corrected chi connectivity index (χ0v) is 7.15. The first-order chi connectivity index (χ1) is 6.18. The van der Waals surface area contributed by atoms with Gasteiger partial charge >= 0.3 is 0 Å². The zero-order chi connectivity index (χ0) is 9.42. The number of hydrogen-bond donors (Lipinski definition) is 0. The number of allylic oxidation sites excluding steroid dienone is 2. The van der Waals surface area contributed by atoms with Crippen molar-refractivity contribution in [2.24, 2.45) is 4.99 Å². The van der Waals surface area contributed by atoms with Crippen LogP contribution in [0.25, 0.3) is 0 Å². The molecule has 0 atom stereocenters. The Balaban J connectivity index is 2.49. The summed E-state index contributed by atoms with van der Waals surface area (Å²) in [6, 6.07) is 0. The first-order valence-electron chi connectivity index (χ1n) is 3.97. The lowest BCUT2D eigenvalue weighted by Gasteiger charge is -2.25. The number of rotatable bonds is 0. The largest absolute Gasteiger partial charge is 0.274 e. The number of nitrogens with zero attached hydrogens (tertiary/aromatic N) is 2. The molecule has 0 N–H and O–H groups in total. The highest BCUT2D eigenvalue weighted by atomic mass is 16.2. The Kier molecular flexibility index (Phi) is 1.62. The minimum Gasteiger partial charge on any atom is -0.274 e. The van der Waals surface area contributed by atoms with Gasteiger partial charge in [-0.3, -0.25) is 14.5 Å². The quantitative estimate of drug-likeness (QED) is 0.508. The molecule has 0 bridgehead atoms. The first-order valence-corrected chi connectivity index (χ1v) is 3.97. The van der Waals surface area contributed by atoms with Gasteiger partial charge in [-0.2, -0.15) is 4.99 Å². The topological polar surface area (TPSA) is 49.7 Å². The Bertz CT molecular complexity index is 377. The predicted molar refractivity (Wildman–Crippen MR) is 46.8 cm³/mol. The maximum atomic E-state index is 11.3. The second kappa shape index (κ2) is 2.65. The van der Waals surface area contributed by atoms with Crippen molar-refractivity contribution in [2.75, 3.05) is 0 Å². The number of carbonyl (C=O) groups excluding carboxylic acids is 2. The number of hydrogen-bond acceptors (Lipinski definition) is 2. The smallest absolute Gasteiger partial charge is 0.257 e. The number of carbonyl (C=O) groups is 2. The Hall–Kier alpha value is -1.71. The van der Waals surface area contributed by atoms with Gasteiger partial charge in [0.1, 0.15) is 12.3 Å². The molecule has 0 radical (unpaired) electrons. The minimum atomic E-state index is -0.362. The second-order valence-electron chi connectivity index (χ2n) is 2.96. The standard InChI is InChI=1S/C9H8N2O2/c1-6-3-2-4-11-8(13)5-7(12)10-9(6)11/h2-4H,5H2,1H3. The van der Waals surface area contributed by atoms with E-state index in [1.807, 2.05) is 13.0 Å². The summed E-state index contributed by atoms with van der Waals surface area (Å²) in [4.78, 5) is 27.5. The van der Waals surface area contributed by atoms with Crippen molar-refractivity contribution in [3.05, 3.63) is 23.9 Å². The van der Waals surface area contributed by atoms with Crippen LogP contribution in [0.5, 0.6) is 0 Å². The molecular formula is C9H8N2O2. The van der Waals surface area contributed by atoms with Gasteiger partial charge in [-0.25, -0.2) is 0 Å². The summed E-state index contributed by atoms with van der Waals surface area (Å²) in [5.41, 5.74) is 0.837. The molecule has 0 aliphatic carbocycles. The molecule has 0 aromatic carbocycles. The van der Waals surface area contributed by atoms with Gasteiger partial charge in [0, 0.05) is 6.20 Å². The molecule has 2 rings (SSSR count). The van der Waals surface area contributed by atoms with Gasteiger partial charge in [0.05, 0.1) is 0 Å². The van der Waals surface area contributed by atoms with Gasteiger partial charge in [-0.05, 0) is 18.6 Å². The average Bonchev–Trinajstić information content (AvgIpc) is 2.07. The van der Waals surface area contributed by atoms with Crippen molar-refractivity contribution < 1.29 is 9.59 Å². The molecule has 13 heavy (non-hydrogen) atoms. The maximum Gasteiger partial charge on any atom is 0.257 e. The minimum absolute atomic E-state index is 0.124. The van der Waals surface area contributed by atoms with Crippen molar-refractivity contribution in [1.29, 1.82) is 0 Å². The summed E-state index contributed by atoms with van der Waals surface area (Å²) in [5, 5.41) is 0. The van der Waals surface area contributed by atoms with E-state index in [1.165, 1.54) is 4.90 Å². The zero-order valence-electron chi connectivity index (χ0n) is 7.15. The molecule has 0 saturated heterocycles. The van der Waals surface area contributed by atoms with E-state index >= 15 is 0 Å². The number of fused-ring (bicyclic) bond motifs is 1. The molecule has 2 aliphatic rings. The summed E-state index contributed by atoms with van der Waals surface area (Å²) in [7, 11) is 0. The van der Waals surface area contributed by atoms with E-state index in [0.717, 1.165) is 5.57 Å². The molecule has 0 saturated carbocycles. The Morgan fingerprint density at radius 3 is 3.00 bits per heavy atom. The van der Waals surface area contributed by atoms with Crippen LogP contribution >= 0.6 is 0 Å². The van der Waals surface area contributed by atoms with Crippen LogP contribution in [0, 0.1) is 0 Å². The van der Waals surface area contributed by atoms with Crippen LogP contribution in [-0.4, -0.2) is 22.5 Å². The molecule has 2 amide bonds. The van der Waals surface area contributed by atoms with Gasteiger partial charge in [0.2, 0.25) is 5.91 Å². The molecule has 4 heteroatoms. The van der Waals surface area contributed by atoms with Crippen molar-refractivity contribution >= 4 is 17.6 Å². The second-order valence-corrected chi connectivity index (χ2v) is 2.96. The van der Waals surface area contributed by atoms with Crippen LogP contribution < -0.4 is 0 Å². The van der Waals surface area contributed by atoms with E-state index in [4.69, 9.17) is 0 Å². The summed E-state index contributed by atoms with van der Waals surface area (Å²) < 4.78 is 0. The Morgan fingerprint density at radius 2 is 2.23 bits per heavy atom. The van der Waals surface area contributed by atoms with Crippen LogP contribution in [0.4, 0.5) is 0 Å². The SMILES string of the molecule is CC1=CC=CN2C(=O)CC(=O)N=C12.